The number of carbonyl (C=O) groups is 1. The number of carbonyl (C=O) groups excluding carboxylic acids is 1. The fourth-order valence-electron chi connectivity index (χ4n) is 2.97. The molecule has 0 saturated carbocycles. The van der Waals surface area contributed by atoms with Crippen LogP contribution in [0.15, 0.2) is 54.2 Å². The molecule has 0 aliphatic rings. The molecule has 1 aromatic carbocycles. The first kappa shape index (κ1) is 19.8. The molecule has 0 spiro atoms. The van der Waals surface area contributed by atoms with Crippen LogP contribution >= 0.6 is 11.3 Å². The van der Waals surface area contributed by atoms with Gasteiger partial charge in [0.1, 0.15) is 5.82 Å². The quantitative estimate of drug-likeness (QED) is 0.460. The molecule has 7 nitrogen and oxygen atoms in total. The predicted molar refractivity (Wildman–Crippen MR) is 112 cm³/mol. The molecule has 1 N–H and O–H groups in total. The predicted octanol–water partition coefficient (Wildman–Crippen LogP) is 3.60. The van der Waals surface area contributed by atoms with Gasteiger partial charge in [-0.1, -0.05) is 5.21 Å². The van der Waals surface area contributed by atoms with Crippen LogP contribution in [0.1, 0.15) is 27.6 Å². The second-order valence-electron chi connectivity index (χ2n) is 6.63. The number of benzene rings is 1. The van der Waals surface area contributed by atoms with Crippen LogP contribution < -0.4 is 5.32 Å². The van der Waals surface area contributed by atoms with Gasteiger partial charge < -0.3 is 5.32 Å². The van der Waals surface area contributed by atoms with E-state index in [0.717, 1.165) is 29.1 Å². The van der Waals surface area contributed by atoms with E-state index in [2.05, 4.69) is 25.6 Å². The summed E-state index contributed by atoms with van der Waals surface area (Å²) in [5.41, 5.74) is 3.48. The highest BCUT2D eigenvalue weighted by molar-refractivity contribution is 7.09. The third-order valence-corrected chi connectivity index (χ3v) is 5.47. The van der Waals surface area contributed by atoms with E-state index < -0.39 is 0 Å². The number of nitrogens with zero attached hydrogens (tertiary/aromatic N) is 5. The molecule has 0 unspecified atom stereocenters. The van der Waals surface area contributed by atoms with Crippen molar-refractivity contribution < 1.29 is 9.18 Å². The Morgan fingerprint density at radius 3 is 2.70 bits per heavy atom. The number of hydrogen-bond acceptors (Lipinski definition) is 6. The van der Waals surface area contributed by atoms with Gasteiger partial charge in [-0.25, -0.2) is 14.1 Å². The fraction of sp³-hybridized carbons (Fsp3) is 0.190. The normalized spacial score (nSPS) is 10.9. The maximum Gasteiger partial charge on any atom is 0.273 e. The minimum atomic E-state index is -0.331. The van der Waals surface area contributed by atoms with E-state index in [4.69, 9.17) is 0 Å². The van der Waals surface area contributed by atoms with Gasteiger partial charge in [-0.05, 0) is 49.7 Å². The molecular formula is C21H19FN6OS. The Morgan fingerprint density at radius 1 is 1.17 bits per heavy atom. The van der Waals surface area contributed by atoms with Crippen molar-refractivity contribution in [3.05, 3.63) is 76.4 Å². The van der Waals surface area contributed by atoms with Crippen LogP contribution in [0.25, 0.3) is 16.9 Å². The van der Waals surface area contributed by atoms with Crippen molar-refractivity contribution in [3.63, 3.8) is 0 Å². The first-order valence-corrected chi connectivity index (χ1v) is 10.3. The van der Waals surface area contributed by atoms with Crippen LogP contribution in [-0.4, -0.2) is 37.4 Å². The summed E-state index contributed by atoms with van der Waals surface area (Å²) in [6.07, 6.45) is 5.04. The molecule has 0 atom stereocenters. The Labute approximate surface area is 176 Å². The van der Waals surface area contributed by atoms with Crippen LogP contribution in [0.4, 0.5) is 4.39 Å². The monoisotopic (exact) mass is 422 g/mol. The highest BCUT2D eigenvalue weighted by Crippen LogP contribution is 2.21. The zero-order valence-corrected chi connectivity index (χ0v) is 17.1. The van der Waals surface area contributed by atoms with Gasteiger partial charge in [0.2, 0.25) is 0 Å². The summed E-state index contributed by atoms with van der Waals surface area (Å²) < 4.78 is 14.6. The number of halogens is 1. The van der Waals surface area contributed by atoms with Crippen molar-refractivity contribution in [2.24, 2.45) is 0 Å². The van der Waals surface area contributed by atoms with E-state index in [1.165, 1.54) is 16.8 Å². The lowest BCUT2D eigenvalue weighted by atomic mass is 10.2. The molecule has 1 amide bonds. The van der Waals surface area contributed by atoms with Crippen LogP contribution in [0.5, 0.6) is 0 Å². The average molecular weight is 422 g/mol. The molecular weight excluding hydrogens is 403 g/mol. The van der Waals surface area contributed by atoms with Gasteiger partial charge in [-0.2, -0.15) is 0 Å². The number of pyridine rings is 1. The topological polar surface area (TPSA) is 85.6 Å². The number of nitrogens with one attached hydrogen (secondary N) is 1. The molecule has 0 aliphatic carbocycles. The summed E-state index contributed by atoms with van der Waals surface area (Å²) in [7, 11) is 0. The lowest BCUT2D eigenvalue weighted by Gasteiger charge is -2.05. The molecule has 0 saturated heterocycles. The summed E-state index contributed by atoms with van der Waals surface area (Å²) >= 11 is 1.61. The van der Waals surface area contributed by atoms with Crippen molar-refractivity contribution in [2.45, 2.75) is 19.8 Å². The second kappa shape index (κ2) is 8.91. The van der Waals surface area contributed by atoms with Gasteiger partial charge in [0, 0.05) is 36.3 Å². The summed E-state index contributed by atoms with van der Waals surface area (Å²) in [5.74, 6) is -0.611. The molecule has 4 aromatic rings. The average Bonchev–Trinajstić information content (AvgIpc) is 3.39. The summed E-state index contributed by atoms with van der Waals surface area (Å²) in [4.78, 5) is 21.1. The maximum atomic E-state index is 13.1. The van der Waals surface area contributed by atoms with Crippen LogP contribution in [0, 0.1) is 12.7 Å². The summed E-state index contributed by atoms with van der Waals surface area (Å²) in [6.45, 7) is 2.26. The van der Waals surface area contributed by atoms with Gasteiger partial charge >= 0.3 is 0 Å². The van der Waals surface area contributed by atoms with Crippen LogP contribution in [0.2, 0.25) is 0 Å². The molecule has 3 heterocycles. The SMILES string of the molecule is Cc1c(C(=O)NCCCc2nc(-c3ccncc3)cs2)nnn1-c1ccc(F)cc1. The number of rotatable bonds is 7. The second-order valence-corrected chi connectivity index (χ2v) is 7.58. The van der Waals surface area contributed by atoms with E-state index in [-0.39, 0.29) is 17.4 Å². The van der Waals surface area contributed by atoms with Crippen molar-refractivity contribution in [2.75, 3.05) is 6.54 Å². The van der Waals surface area contributed by atoms with Gasteiger partial charge in [0.05, 0.1) is 22.1 Å². The summed E-state index contributed by atoms with van der Waals surface area (Å²) in [6, 6.07) is 9.73. The van der Waals surface area contributed by atoms with E-state index >= 15 is 0 Å². The number of aryl methyl sites for hydroxylation is 1. The molecule has 4 rings (SSSR count). The van der Waals surface area contributed by atoms with Crippen molar-refractivity contribution >= 4 is 17.2 Å². The Morgan fingerprint density at radius 2 is 1.93 bits per heavy atom. The fourth-order valence-corrected chi connectivity index (χ4v) is 3.82. The van der Waals surface area contributed by atoms with E-state index in [1.54, 1.807) is 42.8 Å². The van der Waals surface area contributed by atoms with Gasteiger partial charge in [0.15, 0.2) is 5.69 Å². The number of hydrogen-bond donors (Lipinski definition) is 1. The van der Waals surface area contributed by atoms with E-state index in [9.17, 15) is 9.18 Å². The highest BCUT2D eigenvalue weighted by atomic mass is 32.1. The number of amides is 1. The van der Waals surface area contributed by atoms with Crippen molar-refractivity contribution in [3.8, 4) is 16.9 Å². The standard InChI is InChI=1S/C21H19FN6OS/c1-14-20(26-27-28(14)17-6-4-16(22)5-7-17)21(29)24-10-2-3-19-25-18(13-30-19)15-8-11-23-12-9-15/h4-9,11-13H,2-3,10H2,1H3,(H,24,29). The Bertz CT molecular complexity index is 1140. The largest absolute Gasteiger partial charge is 0.351 e. The maximum absolute atomic E-state index is 13.1. The molecule has 30 heavy (non-hydrogen) atoms. The molecule has 0 fully saturated rings. The smallest absolute Gasteiger partial charge is 0.273 e. The van der Waals surface area contributed by atoms with E-state index in [1.807, 2.05) is 17.5 Å². The van der Waals surface area contributed by atoms with E-state index in [0.29, 0.717) is 17.9 Å². The number of aromatic nitrogens is 5. The third-order valence-electron chi connectivity index (χ3n) is 4.56. The Balaban J connectivity index is 1.30. The summed E-state index contributed by atoms with van der Waals surface area (Å²) in [5, 5.41) is 13.9. The Kier molecular flexibility index (Phi) is 5.89. The first-order chi connectivity index (χ1) is 14.6. The van der Waals surface area contributed by atoms with Crippen molar-refractivity contribution in [1.82, 2.24) is 30.3 Å². The lowest BCUT2D eigenvalue weighted by Crippen LogP contribution is -2.26. The lowest BCUT2D eigenvalue weighted by molar-refractivity contribution is 0.0947. The minimum absolute atomic E-state index is 0.258. The zero-order valence-electron chi connectivity index (χ0n) is 16.2. The van der Waals surface area contributed by atoms with Gasteiger partial charge in [-0.15, -0.1) is 16.4 Å². The van der Waals surface area contributed by atoms with Crippen LogP contribution in [0.3, 0.4) is 0 Å². The van der Waals surface area contributed by atoms with Gasteiger partial charge in [-0.3, -0.25) is 9.78 Å². The Hall–Kier alpha value is -3.46. The molecule has 9 heteroatoms. The molecule has 0 bridgehead atoms. The number of thiazole rings is 1. The molecule has 152 valence electrons. The molecule has 0 aliphatic heterocycles. The molecule has 0 radical (unpaired) electrons. The molecule has 3 aromatic heterocycles. The van der Waals surface area contributed by atoms with Crippen LogP contribution in [-0.2, 0) is 6.42 Å². The zero-order chi connectivity index (χ0) is 20.9. The third kappa shape index (κ3) is 4.41. The minimum Gasteiger partial charge on any atom is -0.351 e. The van der Waals surface area contributed by atoms with Gasteiger partial charge in [0.25, 0.3) is 5.91 Å². The van der Waals surface area contributed by atoms with Crippen molar-refractivity contribution in [1.29, 1.82) is 0 Å². The highest BCUT2D eigenvalue weighted by Gasteiger charge is 2.17. The first-order valence-electron chi connectivity index (χ1n) is 9.43.